The summed E-state index contributed by atoms with van der Waals surface area (Å²) in [7, 11) is 0. The molecule has 1 heterocycles. The number of amides is 1. The lowest BCUT2D eigenvalue weighted by Crippen LogP contribution is -2.28. The maximum atomic E-state index is 13.0. The summed E-state index contributed by atoms with van der Waals surface area (Å²) in [5.74, 6) is -3.06. The second kappa shape index (κ2) is 5.08. The molecule has 1 amide bonds. The monoisotopic (exact) mass is 281 g/mol. The second-order valence-corrected chi connectivity index (χ2v) is 3.99. The zero-order chi connectivity index (χ0) is 14.9. The van der Waals surface area contributed by atoms with Crippen molar-refractivity contribution in [3.63, 3.8) is 0 Å². The molecule has 0 radical (unpaired) electrons. The number of aromatic nitrogens is 2. The molecule has 0 unspecified atom stereocenters. The van der Waals surface area contributed by atoms with Crippen molar-refractivity contribution in [2.75, 3.05) is 5.32 Å². The number of rotatable bonds is 2. The Hall–Kier alpha value is -2.77. The van der Waals surface area contributed by atoms with E-state index in [1.165, 1.54) is 6.92 Å². The summed E-state index contributed by atoms with van der Waals surface area (Å²) < 4.78 is 25.8. The maximum Gasteiger partial charge on any atom is 0.326 e. The summed E-state index contributed by atoms with van der Waals surface area (Å²) in [6, 6.07) is 2.58. The van der Waals surface area contributed by atoms with Gasteiger partial charge in [-0.15, -0.1) is 0 Å². The van der Waals surface area contributed by atoms with Gasteiger partial charge in [-0.25, -0.2) is 13.6 Å². The second-order valence-electron chi connectivity index (χ2n) is 3.99. The molecule has 104 valence electrons. The van der Waals surface area contributed by atoms with Gasteiger partial charge in [-0.05, 0) is 25.1 Å². The predicted octanol–water partition coefficient (Wildman–Crippen LogP) is 0.902. The van der Waals surface area contributed by atoms with Gasteiger partial charge >= 0.3 is 5.69 Å². The Balaban J connectivity index is 2.35. The molecule has 0 atom stereocenters. The molecule has 2 rings (SSSR count). The first-order chi connectivity index (χ1) is 9.38. The van der Waals surface area contributed by atoms with Crippen LogP contribution in [0.3, 0.4) is 0 Å². The third-order valence-electron chi connectivity index (χ3n) is 2.55. The smallest absolute Gasteiger partial charge is 0.316 e. The lowest BCUT2D eigenvalue weighted by molar-refractivity contribution is 0.102. The summed E-state index contributed by atoms with van der Waals surface area (Å²) in [5, 5.41) is 2.23. The first-order valence-corrected chi connectivity index (χ1v) is 5.48. The van der Waals surface area contributed by atoms with Crippen molar-refractivity contribution in [3.8, 4) is 0 Å². The molecule has 0 aliphatic rings. The molecule has 0 saturated carbocycles. The Bertz CT molecular complexity index is 795. The van der Waals surface area contributed by atoms with Gasteiger partial charge in [0.05, 0.1) is 0 Å². The Morgan fingerprint density at radius 1 is 1.15 bits per heavy atom. The highest BCUT2D eigenvalue weighted by Crippen LogP contribution is 2.11. The molecule has 0 aliphatic carbocycles. The minimum atomic E-state index is -1.18. The molecule has 6 nitrogen and oxygen atoms in total. The van der Waals surface area contributed by atoms with Gasteiger partial charge < -0.3 is 10.3 Å². The number of aromatic amines is 2. The number of carbonyl (C=O) groups excluding carboxylic acids is 1. The molecular weight excluding hydrogens is 272 g/mol. The van der Waals surface area contributed by atoms with Crippen LogP contribution in [0.1, 0.15) is 16.1 Å². The number of halogens is 2. The van der Waals surface area contributed by atoms with E-state index in [4.69, 9.17) is 0 Å². The van der Waals surface area contributed by atoms with Crippen LogP contribution in [0.4, 0.5) is 14.5 Å². The van der Waals surface area contributed by atoms with Gasteiger partial charge in [-0.2, -0.15) is 0 Å². The minimum absolute atomic E-state index is 0.148. The van der Waals surface area contributed by atoms with Crippen molar-refractivity contribution in [3.05, 3.63) is 61.9 Å². The van der Waals surface area contributed by atoms with Crippen LogP contribution in [0.15, 0.2) is 27.8 Å². The molecule has 0 aliphatic heterocycles. The van der Waals surface area contributed by atoms with Crippen molar-refractivity contribution in [2.24, 2.45) is 0 Å². The quantitative estimate of drug-likeness (QED) is 0.763. The topological polar surface area (TPSA) is 94.8 Å². The standard InChI is InChI=1S/C12H9F2N3O3/c1-5-9(11(19)17-12(20)15-5)16-10(18)6-2-3-7(13)8(14)4-6/h2-4H,1H3,(H,16,18)(H2,15,17,19,20). The first kappa shape index (κ1) is 13.7. The van der Waals surface area contributed by atoms with E-state index in [0.717, 1.165) is 12.1 Å². The van der Waals surface area contributed by atoms with E-state index in [1.54, 1.807) is 0 Å². The van der Waals surface area contributed by atoms with Crippen LogP contribution in [0, 0.1) is 18.6 Å². The van der Waals surface area contributed by atoms with E-state index in [-0.39, 0.29) is 16.9 Å². The van der Waals surface area contributed by atoms with Crippen molar-refractivity contribution in [1.29, 1.82) is 0 Å². The fraction of sp³-hybridized carbons (Fsp3) is 0.0833. The van der Waals surface area contributed by atoms with E-state index < -0.39 is 28.8 Å². The number of benzene rings is 1. The van der Waals surface area contributed by atoms with Crippen molar-refractivity contribution < 1.29 is 13.6 Å². The lowest BCUT2D eigenvalue weighted by Gasteiger charge is -2.06. The van der Waals surface area contributed by atoms with Gasteiger partial charge in [0.1, 0.15) is 5.69 Å². The number of nitrogens with one attached hydrogen (secondary N) is 3. The average molecular weight is 281 g/mol. The molecule has 1 aromatic heterocycles. The molecule has 3 N–H and O–H groups in total. The first-order valence-electron chi connectivity index (χ1n) is 5.48. The van der Waals surface area contributed by atoms with E-state index in [0.29, 0.717) is 6.07 Å². The van der Waals surface area contributed by atoms with Crippen LogP contribution >= 0.6 is 0 Å². The third kappa shape index (κ3) is 2.63. The number of H-pyrrole nitrogens is 2. The average Bonchev–Trinajstić information content (AvgIpc) is 2.36. The van der Waals surface area contributed by atoms with Gasteiger partial charge in [-0.3, -0.25) is 14.6 Å². The fourth-order valence-electron chi connectivity index (χ4n) is 1.57. The maximum absolute atomic E-state index is 13.0. The van der Waals surface area contributed by atoms with Crippen molar-refractivity contribution >= 4 is 11.6 Å². The van der Waals surface area contributed by atoms with E-state index >= 15 is 0 Å². The summed E-state index contributed by atoms with van der Waals surface area (Å²) in [4.78, 5) is 38.6. The van der Waals surface area contributed by atoms with Crippen molar-refractivity contribution in [2.45, 2.75) is 6.92 Å². The van der Waals surface area contributed by atoms with Gasteiger partial charge in [0.15, 0.2) is 11.6 Å². The normalized spacial score (nSPS) is 10.3. The van der Waals surface area contributed by atoms with Crippen LogP contribution in [0.25, 0.3) is 0 Å². The van der Waals surface area contributed by atoms with Gasteiger partial charge in [0.2, 0.25) is 0 Å². The Morgan fingerprint density at radius 3 is 2.45 bits per heavy atom. The number of hydrogen-bond acceptors (Lipinski definition) is 3. The highest BCUT2D eigenvalue weighted by Gasteiger charge is 2.13. The molecule has 1 aromatic carbocycles. The van der Waals surface area contributed by atoms with Crippen LogP contribution in [-0.2, 0) is 0 Å². The predicted molar refractivity (Wildman–Crippen MR) is 66.7 cm³/mol. The van der Waals surface area contributed by atoms with Gasteiger partial charge in [0, 0.05) is 11.3 Å². The van der Waals surface area contributed by atoms with Crippen LogP contribution in [0.2, 0.25) is 0 Å². The number of hydrogen-bond donors (Lipinski definition) is 3. The Morgan fingerprint density at radius 2 is 1.85 bits per heavy atom. The molecule has 0 saturated heterocycles. The summed E-state index contributed by atoms with van der Waals surface area (Å²) in [5.41, 5.74) is -1.68. The molecule has 0 fully saturated rings. The summed E-state index contributed by atoms with van der Waals surface area (Å²) >= 11 is 0. The van der Waals surface area contributed by atoms with Crippen LogP contribution < -0.4 is 16.6 Å². The molecule has 2 aromatic rings. The van der Waals surface area contributed by atoms with Crippen LogP contribution in [-0.4, -0.2) is 15.9 Å². The highest BCUT2D eigenvalue weighted by molar-refractivity contribution is 6.04. The van der Waals surface area contributed by atoms with Gasteiger partial charge in [0.25, 0.3) is 11.5 Å². The number of aryl methyl sites for hydroxylation is 1. The van der Waals surface area contributed by atoms with E-state index in [1.807, 2.05) is 4.98 Å². The highest BCUT2D eigenvalue weighted by atomic mass is 19.2. The summed E-state index contributed by atoms with van der Waals surface area (Å²) in [6.45, 7) is 1.41. The number of anilines is 1. The van der Waals surface area contributed by atoms with E-state index in [2.05, 4.69) is 10.3 Å². The van der Waals surface area contributed by atoms with Crippen molar-refractivity contribution in [1.82, 2.24) is 9.97 Å². The molecule has 8 heteroatoms. The molecule has 0 spiro atoms. The van der Waals surface area contributed by atoms with Gasteiger partial charge in [-0.1, -0.05) is 0 Å². The lowest BCUT2D eigenvalue weighted by atomic mass is 10.2. The minimum Gasteiger partial charge on any atom is -0.316 e. The number of carbonyl (C=O) groups is 1. The molecule has 0 bridgehead atoms. The zero-order valence-electron chi connectivity index (χ0n) is 10.2. The van der Waals surface area contributed by atoms with Crippen LogP contribution in [0.5, 0.6) is 0 Å². The summed E-state index contributed by atoms with van der Waals surface area (Å²) in [6.07, 6.45) is 0. The largest absolute Gasteiger partial charge is 0.326 e. The SMILES string of the molecule is Cc1[nH]c(=O)[nH]c(=O)c1NC(=O)c1ccc(F)c(F)c1. The third-order valence-corrected chi connectivity index (χ3v) is 2.55. The molecular formula is C12H9F2N3O3. The Labute approximate surface area is 110 Å². The fourth-order valence-corrected chi connectivity index (χ4v) is 1.57. The van der Waals surface area contributed by atoms with E-state index in [9.17, 15) is 23.2 Å². The zero-order valence-corrected chi connectivity index (χ0v) is 10.2. The Kier molecular flexibility index (Phi) is 3.47. The molecule has 20 heavy (non-hydrogen) atoms.